The van der Waals surface area contributed by atoms with Crippen LogP contribution < -0.4 is 10.2 Å². The maximum absolute atomic E-state index is 12.6. The number of ether oxygens (including phenoxy) is 1. The maximum atomic E-state index is 12.6. The number of nitrogens with zero attached hydrogens (tertiary/aromatic N) is 3. The summed E-state index contributed by atoms with van der Waals surface area (Å²) < 4.78 is 7.70. The van der Waals surface area contributed by atoms with Gasteiger partial charge in [-0.3, -0.25) is 4.79 Å². The second-order valence-electron chi connectivity index (χ2n) is 7.59. The largest absolute Gasteiger partial charge is 0.503 e. The van der Waals surface area contributed by atoms with Gasteiger partial charge >= 0.3 is 0 Å². The van der Waals surface area contributed by atoms with Crippen LogP contribution >= 0.6 is 39.3 Å². The third-order valence-corrected chi connectivity index (χ3v) is 7.20. The summed E-state index contributed by atoms with van der Waals surface area (Å²) in [6.07, 6.45) is 0. The Labute approximate surface area is 220 Å². The first-order valence-corrected chi connectivity index (χ1v) is 12.7. The molecule has 1 amide bonds. The van der Waals surface area contributed by atoms with Crippen molar-refractivity contribution in [2.45, 2.75) is 18.6 Å². The fraction of sp³-hybridized carbons (Fsp3) is 0.160. The zero-order valence-electron chi connectivity index (χ0n) is 19.0. The maximum Gasteiger partial charge on any atom is 0.250 e. The van der Waals surface area contributed by atoms with Gasteiger partial charge in [0, 0.05) is 10.6 Å². The second-order valence-corrected chi connectivity index (χ2v) is 9.79. The van der Waals surface area contributed by atoms with Crippen LogP contribution in [0.25, 0.3) is 11.0 Å². The highest BCUT2D eigenvalue weighted by Gasteiger charge is 2.15. The summed E-state index contributed by atoms with van der Waals surface area (Å²) in [5.41, 5.74) is 6.64. The molecule has 1 heterocycles. The van der Waals surface area contributed by atoms with Gasteiger partial charge in [-0.2, -0.15) is 5.10 Å². The molecule has 0 aliphatic carbocycles. The molecule has 0 radical (unpaired) electrons. The van der Waals surface area contributed by atoms with E-state index in [-0.39, 0.29) is 17.4 Å². The first-order valence-electron chi connectivity index (χ1n) is 10.6. The number of amides is 1. The van der Waals surface area contributed by atoms with E-state index in [2.05, 4.69) is 31.0 Å². The number of fused-ring (bicyclic) bond motifs is 1. The standard InChI is InChI=1S/C25H22BrClN4O3S/c1-15(17-11-18(26)24(33)22(12-17)34-2)29-30-23(32)14-35-25-28-20-9-5-6-10-21(20)31(25)13-16-7-3-4-8-19(16)27/h3-12,33H,13-14H2,1-2H3,(H,30,32)/b29-15+. The normalized spacial score (nSPS) is 11.6. The molecule has 180 valence electrons. The van der Waals surface area contributed by atoms with E-state index in [1.165, 1.54) is 18.9 Å². The molecule has 0 unspecified atom stereocenters. The number of hydrogen-bond donors (Lipinski definition) is 2. The fourth-order valence-electron chi connectivity index (χ4n) is 3.42. The number of carbonyl (C=O) groups excluding carboxylic acids is 1. The molecule has 7 nitrogen and oxygen atoms in total. The van der Waals surface area contributed by atoms with Crippen molar-refractivity contribution < 1.29 is 14.6 Å². The Hall–Kier alpha value is -3.01. The van der Waals surface area contributed by atoms with Crippen LogP contribution in [0, 0.1) is 0 Å². The van der Waals surface area contributed by atoms with Gasteiger partial charge in [0.05, 0.1) is 40.6 Å². The summed E-state index contributed by atoms with van der Waals surface area (Å²) in [6, 6.07) is 18.9. The predicted octanol–water partition coefficient (Wildman–Crippen LogP) is 5.85. The number of rotatable bonds is 8. The SMILES string of the molecule is COc1cc(/C(C)=N/NC(=O)CSc2nc3ccccc3n2Cc2ccccc2Cl)cc(Br)c1O. The molecule has 0 bridgehead atoms. The van der Waals surface area contributed by atoms with Crippen LogP contribution in [0.4, 0.5) is 0 Å². The summed E-state index contributed by atoms with van der Waals surface area (Å²) >= 11 is 11.0. The van der Waals surface area contributed by atoms with Crippen LogP contribution in [0.3, 0.4) is 0 Å². The number of methoxy groups -OCH3 is 1. The number of thioether (sulfide) groups is 1. The van der Waals surface area contributed by atoms with E-state index < -0.39 is 0 Å². The Bertz CT molecular complexity index is 1420. The average molecular weight is 574 g/mol. The lowest BCUT2D eigenvalue weighted by molar-refractivity contribution is -0.118. The van der Waals surface area contributed by atoms with Crippen molar-refractivity contribution >= 4 is 61.9 Å². The number of carbonyl (C=O) groups is 1. The van der Waals surface area contributed by atoms with Crippen LogP contribution in [-0.2, 0) is 11.3 Å². The molecule has 0 spiro atoms. The summed E-state index contributed by atoms with van der Waals surface area (Å²) in [7, 11) is 1.47. The van der Waals surface area contributed by atoms with E-state index in [1.54, 1.807) is 19.1 Å². The van der Waals surface area contributed by atoms with Gasteiger partial charge in [0.1, 0.15) is 0 Å². The molecule has 0 fully saturated rings. The van der Waals surface area contributed by atoms with Crippen molar-refractivity contribution in [2.24, 2.45) is 5.10 Å². The molecule has 0 saturated carbocycles. The smallest absolute Gasteiger partial charge is 0.250 e. The number of nitrogens with one attached hydrogen (secondary N) is 1. The van der Waals surface area contributed by atoms with Gasteiger partial charge < -0.3 is 14.4 Å². The summed E-state index contributed by atoms with van der Waals surface area (Å²) in [6.45, 7) is 2.30. The molecule has 10 heteroatoms. The Morgan fingerprint density at radius 1 is 1.23 bits per heavy atom. The molecule has 0 aliphatic rings. The van der Waals surface area contributed by atoms with Crippen LogP contribution in [0.15, 0.2) is 75.4 Å². The molecule has 2 N–H and O–H groups in total. The Kier molecular flexibility index (Phi) is 8.00. The number of phenolic OH excluding ortho intramolecular Hbond substituents is 1. The van der Waals surface area contributed by atoms with Gasteiger partial charge in [-0.25, -0.2) is 10.4 Å². The van der Waals surface area contributed by atoms with E-state index in [9.17, 15) is 9.90 Å². The van der Waals surface area contributed by atoms with E-state index in [4.69, 9.17) is 21.3 Å². The van der Waals surface area contributed by atoms with Crippen LogP contribution in [-0.4, -0.2) is 39.1 Å². The number of imidazole rings is 1. The van der Waals surface area contributed by atoms with Gasteiger partial charge in [0.25, 0.3) is 5.91 Å². The molecule has 3 aromatic carbocycles. The van der Waals surface area contributed by atoms with Crippen molar-refractivity contribution in [2.75, 3.05) is 12.9 Å². The highest BCUT2D eigenvalue weighted by Crippen LogP contribution is 2.35. The Morgan fingerprint density at radius 3 is 2.74 bits per heavy atom. The lowest BCUT2D eigenvalue weighted by Crippen LogP contribution is -2.21. The first kappa shape index (κ1) is 25.1. The Morgan fingerprint density at radius 2 is 1.97 bits per heavy atom. The number of para-hydroxylation sites is 2. The fourth-order valence-corrected chi connectivity index (χ4v) is 4.87. The number of hydrazone groups is 1. The topological polar surface area (TPSA) is 88.7 Å². The molecule has 4 rings (SSSR count). The molecule has 1 aromatic heterocycles. The van der Waals surface area contributed by atoms with Crippen molar-refractivity contribution in [1.29, 1.82) is 0 Å². The molecule has 4 aromatic rings. The van der Waals surface area contributed by atoms with Gasteiger partial charge in [-0.05, 0) is 58.7 Å². The number of benzene rings is 3. The lowest BCUT2D eigenvalue weighted by atomic mass is 10.1. The number of aromatic hydroxyl groups is 1. The van der Waals surface area contributed by atoms with Crippen molar-refractivity contribution in [3.8, 4) is 11.5 Å². The second kappa shape index (κ2) is 11.2. The van der Waals surface area contributed by atoms with E-state index in [0.29, 0.717) is 38.2 Å². The summed E-state index contributed by atoms with van der Waals surface area (Å²) in [5.74, 6) is 0.175. The molecule has 0 atom stereocenters. The minimum atomic E-state index is -0.268. The lowest BCUT2D eigenvalue weighted by Gasteiger charge is -2.10. The summed E-state index contributed by atoms with van der Waals surface area (Å²) in [4.78, 5) is 17.3. The minimum Gasteiger partial charge on any atom is -0.503 e. The highest BCUT2D eigenvalue weighted by molar-refractivity contribution is 9.10. The highest BCUT2D eigenvalue weighted by atomic mass is 79.9. The van der Waals surface area contributed by atoms with Crippen molar-refractivity contribution in [1.82, 2.24) is 15.0 Å². The van der Waals surface area contributed by atoms with E-state index in [0.717, 1.165) is 16.6 Å². The molecule has 0 aliphatic heterocycles. The van der Waals surface area contributed by atoms with Crippen LogP contribution in [0.2, 0.25) is 5.02 Å². The quantitative estimate of drug-likeness (QED) is 0.157. The zero-order valence-corrected chi connectivity index (χ0v) is 22.1. The van der Waals surface area contributed by atoms with E-state index in [1.807, 2.05) is 48.5 Å². The van der Waals surface area contributed by atoms with Crippen LogP contribution in [0.1, 0.15) is 18.1 Å². The number of hydrogen-bond acceptors (Lipinski definition) is 6. The average Bonchev–Trinajstić information content (AvgIpc) is 3.21. The van der Waals surface area contributed by atoms with Gasteiger partial charge in [0.15, 0.2) is 16.7 Å². The van der Waals surface area contributed by atoms with Crippen LogP contribution in [0.5, 0.6) is 11.5 Å². The molecular weight excluding hydrogens is 552 g/mol. The Balaban J connectivity index is 1.48. The number of halogens is 2. The first-order chi connectivity index (χ1) is 16.9. The molecular formula is C25H22BrClN4O3S. The van der Waals surface area contributed by atoms with Gasteiger partial charge in [-0.15, -0.1) is 0 Å². The zero-order chi connectivity index (χ0) is 24.9. The molecule has 0 saturated heterocycles. The molecule has 35 heavy (non-hydrogen) atoms. The van der Waals surface area contributed by atoms with E-state index >= 15 is 0 Å². The number of aromatic nitrogens is 2. The number of phenols is 1. The third kappa shape index (κ3) is 5.80. The van der Waals surface area contributed by atoms with Gasteiger partial charge in [-0.1, -0.05) is 53.7 Å². The minimum absolute atomic E-state index is 0.00386. The van der Waals surface area contributed by atoms with Crippen molar-refractivity contribution in [3.63, 3.8) is 0 Å². The van der Waals surface area contributed by atoms with Crippen molar-refractivity contribution in [3.05, 3.63) is 81.3 Å². The monoisotopic (exact) mass is 572 g/mol. The summed E-state index contributed by atoms with van der Waals surface area (Å²) in [5, 5.41) is 15.6. The third-order valence-electron chi connectivity index (χ3n) is 5.25. The predicted molar refractivity (Wildman–Crippen MR) is 144 cm³/mol. The van der Waals surface area contributed by atoms with Gasteiger partial charge in [0.2, 0.25) is 0 Å².